The molecule has 2 saturated heterocycles. The largest absolute Gasteiger partial charge is 0.465 e. The van der Waals surface area contributed by atoms with Gasteiger partial charge in [0.25, 0.3) is 0 Å². The van der Waals surface area contributed by atoms with Gasteiger partial charge in [-0.2, -0.15) is 0 Å². The molecular weight excluding hydrogens is 354 g/mol. The molecule has 2 aliphatic rings. The van der Waals surface area contributed by atoms with Crippen LogP contribution in [0, 0.1) is 0 Å². The quantitative estimate of drug-likeness (QED) is 0.515. The summed E-state index contributed by atoms with van der Waals surface area (Å²) in [5.74, 6) is -0.0553. The van der Waals surface area contributed by atoms with Gasteiger partial charge in [0.1, 0.15) is 6.04 Å². The standard InChI is InChI=1S/C22H35N3O3/c1-2-3-6-15-28-22(26)21-7-4-5-12-25(21)18-23-19-8-10-20(11-9-19)24-13-16-27-17-14-24/h8-11,21,23H,2-7,12-18H2,1H3/t21-/m0/s1. The Balaban J connectivity index is 1.48. The predicted molar refractivity (Wildman–Crippen MR) is 113 cm³/mol. The summed E-state index contributed by atoms with van der Waals surface area (Å²) in [4.78, 5) is 17.1. The molecule has 0 unspecified atom stereocenters. The van der Waals surface area contributed by atoms with Crippen LogP contribution in [0.5, 0.6) is 0 Å². The van der Waals surface area contributed by atoms with E-state index < -0.39 is 0 Å². The van der Waals surface area contributed by atoms with Crippen molar-refractivity contribution in [1.82, 2.24) is 4.90 Å². The van der Waals surface area contributed by atoms with Crippen LogP contribution < -0.4 is 10.2 Å². The zero-order valence-corrected chi connectivity index (χ0v) is 17.2. The molecular formula is C22H35N3O3. The van der Waals surface area contributed by atoms with Crippen LogP contribution in [-0.2, 0) is 14.3 Å². The van der Waals surface area contributed by atoms with Crippen LogP contribution in [0.4, 0.5) is 11.4 Å². The molecule has 1 aromatic rings. The number of nitrogens with zero attached hydrogens (tertiary/aromatic N) is 2. The first-order valence-electron chi connectivity index (χ1n) is 10.8. The van der Waals surface area contributed by atoms with Gasteiger partial charge in [0.2, 0.25) is 0 Å². The number of unbranched alkanes of at least 4 members (excludes halogenated alkanes) is 2. The minimum absolute atomic E-state index is 0.0553. The predicted octanol–water partition coefficient (Wildman–Crippen LogP) is 3.48. The summed E-state index contributed by atoms with van der Waals surface area (Å²) < 4.78 is 10.9. The van der Waals surface area contributed by atoms with Gasteiger partial charge in [0.15, 0.2) is 0 Å². The molecule has 1 atom stereocenters. The van der Waals surface area contributed by atoms with Gasteiger partial charge in [0, 0.05) is 31.0 Å². The number of hydrogen-bond donors (Lipinski definition) is 1. The number of benzene rings is 1. The van der Waals surface area contributed by atoms with Crippen molar-refractivity contribution in [2.45, 2.75) is 51.5 Å². The number of anilines is 2. The number of likely N-dealkylation sites (tertiary alicyclic amines) is 1. The summed E-state index contributed by atoms with van der Waals surface area (Å²) in [6, 6.07) is 8.43. The molecule has 0 aromatic heterocycles. The molecule has 0 radical (unpaired) electrons. The lowest BCUT2D eigenvalue weighted by molar-refractivity contribution is -0.151. The molecule has 0 amide bonds. The van der Waals surface area contributed by atoms with Crippen LogP contribution in [0.25, 0.3) is 0 Å². The molecule has 0 spiro atoms. The molecule has 6 nitrogen and oxygen atoms in total. The van der Waals surface area contributed by atoms with E-state index in [9.17, 15) is 4.79 Å². The summed E-state index contributed by atoms with van der Waals surface area (Å²) in [6.45, 7) is 7.80. The molecule has 28 heavy (non-hydrogen) atoms. The summed E-state index contributed by atoms with van der Waals surface area (Å²) >= 11 is 0. The maximum absolute atomic E-state index is 12.5. The second-order valence-corrected chi connectivity index (χ2v) is 7.68. The SMILES string of the molecule is CCCCCOC(=O)[C@@H]1CCCCN1CNc1ccc(N2CCOCC2)cc1. The Labute approximate surface area is 169 Å². The van der Waals surface area contributed by atoms with Gasteiger partial charge in [-0.15, -0.1) is 0 Å². The van der Waals surface area contributed by atoms with Gasteiger partial charge < -0.3 is 19.7 Å². The first kappa shape index (κ1) is 20.9. The molecule has 3 rings (SSSR count). The number of hydrogen-bond acceptors (Lipinski definition) is 6. The van der Waals surface area contributed by atoms with Crippen LogP contribution in [-0.4, -0.2) is 63.0 Å². The van der Waals surface area contributed by atoms with E-state index in [4.69, 9.17) is 9.47 Å². The fourth-order valence-corrected chi connectivity index (χ4v) is 3.87. The topological polar surface area (TPSA) is 54.0 Å². The van der Waals surface area contributed by atoms with Crippen molar-refractivity contribution < 1.29 is 14.3 Å². The number of rotatable bonds is 9. The third-order valence-electron chi connectivity index (χ3n) is 5.61. The van der Waals surface area contributed by atoms with Crippen LogP contribution in [0.15, 0.2) is 24.3 Å². The number of carbonyl (C=O) groups excluding carboxylic acids is 1. The van der Waals surface area contributed by atoms with Gasteiger partial charge in [-0.25, -0.2) is 0 Å². The Morgan fingerprint density at radius 1 is 1.14 bits per heavy atom. The van der Waals surface area contributed by atoms with Gasteiger partial charge in [0.05, 0.1) is 26.5 Å². The second-order valence-electron chi connectivity index (χ2n) is 7.68. The number of morpholine rings is 1. The molecule has 2 heterocycles. The summed E-state index contributed by atoms with van der Waals surface area (Å²) in [6.07, 6.45) is 6.34. The number of nitrogens with one attached hydrogen (secondary N) is 1. The molecule has 0 aliphatic carbocycles. The highest BCUT2D eigenvalue weighted by molar-refractivity contribution is 5.76. The molecule has 1 N–H and O–H groups in total. The monoisotopic (exact) mass is 389 g/mol. The van der Waals surface area contributed by atoms with E-state index in [1.165, 1.54) is 5.69 Å². The Bertz CT molecular complexity index is 587. The maximum Gasteiger partial charge on any atom is 0.323 e. The highest BCUT2D eigenvalue weighted by atomic mass is 16.5. The molecule has 0 saturated carbocycles. The fourth-order valence-electron chi connectivity index (χ4n) is 3.87. The number of piperidine rings is 1. The van der Waals surface area contributed by atoms with Crippen molar-refractivity contribution in [3.05, 3.63) is 24.3 Å². The fraction of sp³-hybridized carbons (Fsp3) is 0.682. The van der Waals surface area contributed by atoms with E-state index in [1.54, 1.807) is 0 Å². The molecule has 1 aromatic carbocycles. The van der Waals surface area contributed by atoms with Crippen molar-refractivity contribution in [3.63, 3.8) is 0 Å². The molecule has 156 valence electrons. The number of esters is 1. The van der Waals surface area contributed by atoms with Crippen LogP contribution in [0.1, 0.15) is 45.4 Å². The lowest BCUT2D eigenvalue weighted by atomic mass is 10.0. The van der Waals surface area contributed by atoms with Crippen molar-refractivity contribution in [3.8, 4) is 0 Å². The third kappa shape index (κ3) is 6.11. The van der Waals surface area contributed by atoms with Crippen LogP contribution in [0.2, 0.25) is 0 Å². The molecule has 2 aliphatic heterocycles. The first-order valence-corrected chi connectivity index (χ1v) is 10.8. The van der Waals surface area contributed by atoms with Gasteiger partial charge in [-0.1, -0.05) is 26.2 Å². The second kappa shape index (κ2) is 11.3. The average molecular weight is 390 g/mol. The maximum atomic E-state index is 12.5. The van der Waals surface area contributed by atoms with Crippen molar-refractivity contribution >= 4 is 17.3 Å². The van der Waals surface area contributed by atoms with E-state index in [2.05, 4.69) is 46.3 Å². The summed E-state index contributed by atoms with van der Waals surface area (Å²) in [5, 5.41) is 3.48. The zero-order chi connectivity index (χ0) is 19.6. The lowest BCUT2D eigenvalue weighted by Gasteiger charge is -2.34. The minimum atomic E-state index is -0.115. The van der Waals surface area contributed by atoms with Gasteiger partial charge >= 0.3 is 5.97 Å². The van der Waals surface area contributed by atoms with Crippen molar-refractivity contribution in [1.29, 1.82) is 0 Å². The Morgan fingerprint density at radius 3 is 2.68 bits per heavy atom. The Kier molecular flexibility index (Phi) is 8.42. The van der Waals surface area contributed by atoms with E-state index in [1.807, 2.05) is 0 Å². The van der Waals surface area contributed by atoms with Crippen LogP contribution in [0.3, 0.4) is 0 Å². The smallest absolute Gasteiger partial charge is 0.323 e. The molecule has 2 fully saturated rings. The average Bonchev–Trinajstić information content (AvgIpc) is 2.76. The highest BCUT2D eigenvalue weighted by Crippen LogP contribution is 2.21. The number of carbonyl (C=O) groups is 1. The molecule has 6 heteroatoms. The van der Waals surface area contributed by atoms with Gasteiger partial charge in [-0.3, -0.25) is 9.69 Å². The highest BCUT2D eigenvalue weighted by Gasteiger charge is 2.29. The normalized spacial score (nSPS) is 20.8. The lowest BCUT2D eigenvalue weighted by Crippen LogP contribution is -2.47. The van der Waals surface area contributed by atoms with Crippen molar-refractivity contribution in [2.24, 2.45) is 0 Å². The zero-order valence-electron chi connectivity index (χ0n) is 17.2. The van der Waals surface area contributed by atoms with E-state index in [0.717, 1.165) is 77.1 Å². The van der Waals surface area contributed by atoms with E-state index >= 15 is 0 Å². The summed E-state index contributed by atoms with van der Waals surface area (Å²) in [7, 11) is 0. The van der Waals surface area contributed by atoms with E-state index in [-0.39, 0.29) is 12.0 Å². The molecule has 0 bridgehead atoms. The minimum Gasteiger partial charge on any atom is -0.465 e. The van der Waals surface area contributed by atoms with Crippen molar-refractivity contribution in [2.75, 3.05) is 56.3 Å². The summed E-state index contributed by atoms with van der Waals surface area (Å²) in [5.41, 5.74) is 2.32. The Hall–Kier alpha value is -1.79. The van der Waals surface area contributed by atoms with Gasteiger partial charge in [-0.05, 0) is 43.5 Å². The van der Waals surface area contributed by atoms with E-state index in [0.29, 0.717) is 13.3 Å². The first-order chi connectivity index (χ1) is 13.8. The van der Waals surface area contributed by atoms with Crippen LogP contribution >= 0.6 is 0 Å². The third-order valence-corrected chi connectivity index (χ3v) is 5.61. The Morgan fingerprint density at radius 2 is 1.93 bits per heavy atom. The number of ether oxygens (including phenoxy) is 2.